The van der Waals surface area contributed by atoms with E-state index < -0.39 is 0 Å². The van der Waals surface area contributed by atoms with E-state index in [1.54, 1.807) is 6.08 Å². The molecule has 0 aliphatic rings. The Morgan fingerprint density at radius 3 is 2.20 bits per heavy atom. The fourth-order valence-electron chi connectivity index (χ4n) is 1.75. The molecule has 1 heteroatoms. The molecule has 0 fully saturated rings. The molecular weight excluding hydrogens is 260 g/mol. The molecule has 1 aromatic carbocycles. The van der Waals surface area contributed by atoms with Gasteiger partial charge in [0.05, 0.1) is 10.9 Å². The Kier molecular flexibility index (Phi) is 7.23. The number of hydrogen-bond donors (Lipinski definition) is 0. The Labute approximate surface area is 125 Å². The third kappa shape index (κ3) is 4.29. The van der Waals surface area contributed by atoms with Crippen LogP contribution in [0.5, 0.6) is 0 Å². The van der Waals surface area contributed by atoms with Crippen molar-refractivity contribution in [3.8, 4) is 0 Å². The molecule has 20 heavy (non-hydrogen) atoms. The molecule has 0 aliphatic carbocycles. The first-order valence-corrected chi connectivity index (χ1v) is 7.70. The van der Waals surface area contributed by atoms with Crippen molar-refractivity contribution in [2.45, 2.75) is 11.8 Å². The minimum absolute atomic E-state index is 0.167. The average molecular weight is 281 g/mol. The van der Waals surface area contributed by atoms with Crippen molar-refractivity contribution in [2.75, 3.05) is 0 Å². The molecule has 0 saturated heterocycles. The average Bonchev–Trinajstić information content (AvgIpc) is 2.50. The highest BCUT2D eigenvalue weighted by Gasteiger charge is 2.29. The first kappa shape index (κ1) is 16.1. The van der Waals surface area contributed by atoms with Gasteiger partial charge in [-0.3, -0.25) is 0 Å². The van der Waals surface area contributed by atoms with Crippen molar-refractivity contribution in [3.05, 3.63) is 102 Å². The first-order valence-electron chi connectivity index (χ1n) is 6.48. The van der Waals surface area contributed by atoms with Gasteiger partial charge in [0.2, 0.25) is 0 Å². The summed E-state index contributed by atoms with van der Waals surface area (Å²) in [5.74, 6) is 0. The highest BCUT2D eigenvalue weighted by atomic mass is 32.2. The lowest BCUT2D eigenvalue weighted by Gasteiger charge is -2.08. The molecule has 0 bridgehead atoms. The fraction of sp³-hybridized carbons (Fsp3) is 0.0526. The van der Waals surface area contributed by atoms with Gasteiger partial charge in [0.1, 0.15) is 0 Å². The molecule has 1 atom stereocenters. The van der Waals surface area contributed by atoms with Gasteiger partial charge in [-0.2, -0.15) is 0 Å². The van der Waals surface area contributed by atoms with E-state index in [9.17, 15) is 0 Å². The topological polar surface area (TPSA) is 0 Å². The van der Waals surface area contributed by atoms with Crippen LogP contribution < -0.4 is 0 Å². The summed E-state index contributed by atoms with van der Waals surface area (Å²) in [4.78, 5) is 3.67. The van der Waals surface area contributed by atoms with Gasteiger partial charge in [-0.1, -0.05) is 56.2 Å². The summed E-state index contributed by atoms with van der Waals surface area (Å²) in [5, 5.41) is 0. The van der Waals surface area contributed by atoms with E-state index in [0.717, 1.165) is 4.91 Å². The second-order valence-electron chi connectivity index (χ2n) is 3.91. The van der Waals surface area contributed by atoms with Gasteiger partial charge < -0.3 is 0 Å². The Bertz CT molecular complexity index is 544. The molecule has 1 aromatic rings. The second-order valence-corrected chi connectivity index (χ2v) is 5.94. The standard InChI is InChI=1S/C19H21S/c1-5-9-14-18(8-4)20(17(7-3)13-6-2)19-15-11-10-12-16-19/h5-16H,1-3H2,4H3/q+1/b14-9-,17-13+,18-8+. The van der Waals surface area contributed by atoms with E-state index in [-0.39, 0.29) is 10.9 Å². The molecule has 0 radical (unpaired) electrons. The smallest absolute Gasteiger partial charge is 0.0991 e. The summed E-state index contributed by atoms with van der Waals surface area (Å²) < 4.78 is 0. The molecule has 0 aliphatic heterocycles. The van der Waals surface area contributed by atoms with Crippen LogP contribution in [0.15, 0.2) is 107 Å². The highest BCUT2D eigenvalue weighted by Crippen LogP contribution is 2.30. The predicted octanol–water partition coefficient (Wildman–Crippen LogP) is 5.57. The SMILES string of the molecule is C=C/C=C\C(=C/C)[S+](/C(C=C)=C/C=C)c1ccccc1. The van der Waals surface area contributed by atoms with Gasteiger partial charge in [-0.15, -0.1) is 0 Å². The van der Waals surface area contributed by atoms with Gasteiger partial charge in [0.15, 0.2) is 14.7 Å². The van der Waals surface area contributed by atoms with Crippen molar-refractivity contribution in [3.63, 3.8) is 0 Å². The minimum Gasteiger partial charge on any atom is -0.0991 e. The van der Waals surface area contributed by atoms with Crippen molar-refractivity contribution >= 4 is 10.9 Å². The summed E-state index contributed by atoms with van der Waals surface area (Å²) in [6.45, 7) is 13.5. The van der Waals surface area contributed by atoms with Crippen LogP contribution in [0.25, 0.3) is 0 Å². The zero-order valence-corrected chi connectivity index (χ0v) is 12.8. The van der Waals surface area contributed by atoms with Gasteiger partial charge in [-0.25, -0.2) is 0 Å². The summed E-state index contributed by atoms with van der Waals surface area (Å²) >= 11 is 0. The van der Waals surface area contributed by atoms with Crippen LogP contribution in [0.3, 0.4) is 0 Å². The molecule has 0 aromatic heterocycles. The predicted molar refractivity (Wildman–Crippen MR) is 93.6 cm³/mol. The minimum atomic E-state index is -0.167. The quantitative estimate of drug-likeness (QED) is 0.453. The third-order valence-corrected chi connectivity index (χ3v) is 4.98. The van der Waals surface area contributed by atoms with E-state index in [4.69, 9.17) is 0 Å². The number of rotatable bonds is 7. The Morgan fingerprint density at radius 1 is 1.00 bits per heavy atom. The van der Waals surface area contributed by atoms with Crippen LogP contribution in [0.2, 0.25) is 0 Å². The lowest BCUT2D eigenvalue weighted by atomic mass is 10.4. The first-order chi connectivity index (χ1) is 9.78. The Morgan fingerprint density at radius 2 is 1.70 bits per heavy atom. The van der Waals surface area contributed by atoms with Crippen molar-refractivity contribution in [1.82, 2.24) is 0 Å². The molecule has 0 N–H and O–H groups in total. The summed E-state index contributed by atoms with van der Waals surface area (Å²) in [5.41, 5.74) is 0. The number of hydrogen-bond acceptors (Lipinski definition) is 0. The van der Waals surface area contributed by atoms with E-state index in [1.807, 2.05) is 30.4 Å². The second kappa shape index (κ2) is 9.00. The zero-order valence-electron chi connectivity index (χ0n) is 12.0. The number of allylic oxidation sites excluding steroid dienone is 7. The monoisotopic (exact) mass is 281 g/mol. The van der Waals surface area contributed by atoms with Gasteiger partial charge in [-0.05, 0) is 43.4 Å². The third-order valence-electron chi connectivity index (χ3n) is 2.61. The largest absolute Gasteiger partial charge is 0.166 e. The molecule has 1 unspecified atom stereocenters. The zero-order chi connectivity index (χ0) is 14.8. The highest BCUT2D eigenvalue weighted by molar-refractivity contribution is 8.04. The van der Waals surface area contributed by atoms with Crippen molar-refractivity contribution < 1.29 is 0 Å². The maximum atomic E-state index is 3.94. The van der Waals surface area contributed by atoms with E-state index in [0.29, 0.717) is 0 Å². The van der Waals surface area contributed by atoms with Gasteiger partial charge in [0, 0.05) is 0 Å². The van der Waals surface area contributed by atoms with Crippen LogP contribution >= 0.6 is 0 Å². The Hall–Kier alpha value is -1.99. The molecule has 0 saturated carbocycles. The normalized spacial score (nSPS) is 14.1. The lowest BCUT2D eigenvalue weighted by molar-refractivity contribution is 1.45. The summed E-state index contributed by atoms with van der Waals surface area (Å²) in [6, 6.07) is 10.5. The van der Waals surface area contributed by atoms with Gasteiger partial charge in [0.25, 0.3) is 0 Å². The molecule has 0 amide bonds. The van der Waals surface area contributed by atoms with E-state index in [2.05, 4.69) is 63.1 Å². The van der Waals surface area contributed by atoms with Crippen LogP contribution in [0.4, 0.5) is 0 Å². The lowest BCUT2D eigenvalue weighted by Crippen LogP contribution is -2.06. The van der Waals surface area contributed by atoms with Crippen molar-refractivity contribution in [2.24, 2.45) is 0 Å². The molecule has 1 rings (SSSR count). The van der Waals surface area contributed by atoms with E-state index >= 15 is 0 Å². The van der Waals surface area contributed by atoms with Gasteiger partial charge >= 0.3 is 0 Å². The van der Waals surface area contributed by atoms with Crippen LogP contribution in [0, 0.1) is 0 Å². The maximum Gasteiger partial charge on any atom is 0.166 e. The molecular formula is C19H21S+. The van der Waals surface area contributed by atoms with Crippen LogP contribution in [-0.2, 0) is 10.9 Å². The van der Waals surface area contributed by atoms with Crippen LogP contribution in [0.1, 0.15) is 6.92 Å². The van der Waals surface area contributed by atoms with Crippen molar-refractivity contribution in [1.29, 1.82) is 0 Å². The number of benzene rings is 1. The summed E-state index contributed by atoms with van der Waals surface area (Å²) in [6.07, 6.45) is 13.7. The fourth-order valence-corrected chi connectivity index (χ4v) is 3.84. The van der Waals surface area contributed by atoms with Crippen LogP contribution in [-0.4, -0.2) is 0 Å². The van der Waals surface area contributed by atoms with E-state index in [1.165, 1.54) is 9.80 Å². The molecule has 0 spiro atoms. The molecule has 0 heterocycles. The summed E-state index contributed by atoms with van der Waals surface area (Å²) in [7, 11) is -0.167. The molecule has 0 nitrogen and oxygen atoms in total. The molecule has 102 valence electrons. The Balaban J connectivity index is 3.37. The maximum absolute atomic E-state index is 3.94.